The molecular formula is C18H23NO. The molecule has 0 saturated carbocycles. The minimum absolute atomic E-state index is 0.709. The molecule has 1 atom stereocenters. The number of benzene rings is 2. The Labute approximate surface area is 145 Å². The van der Waals surface area contributed by atoms with Crippen molar-refractivity contribution in [3.8, 4) is 0 Å². The molecule has 0 aliphatic heterocycles. The van der Waals surface area contributed by atoms with Crippen molar-refractivity contribution in [2.75, 3.05) is 27.2 Å². The molecule has 0 amide bonds. The second-order valence-corrected chi connectivity index (χ2v) is 3.79. The highest BCUT2D eigenvalue weighted by molar-refractivity contribution is 5.35. The van der Waals surface area contributed by atoms with Gasteiger partial charge in [-0.2, -0.15) is 0 Å². The number of nitrogens with zero attached hydrogens (tertiary/aromatic N) is 1. The Hall–Kier alpha value is -1.64. The summed E-state index contributed by atoms with van der Waals surface area (Å²) in [4.78, 5) is 0.709. The molecule has 0 spiro atoms. The lowest BCUT2D eigenvalue weighted by molar-refractivity contribution is 0.0683. The molecule has 0 aliphatic carbocycles. The zero-order valence-corrected chi connectivity index (χ0v) is 10.9. The van der Waals surface area contributed by atoms with Gasteiger partial charge in [0.15, 0.2) is 0 Å². The third-order valence-corrected chi connectivity index (χ3v) is 2.06. The molecule has 0 bridgehead atoms. The van der Waals surface area contributed by atoms with Gasteiger partial charge in [0.1, 0.15) is 6.08 Å². The normalized spacial score (nSPS) is 28.4. The molecule has 106 valence electrons. The first-order valence-electron chi connectivity index (χ1n) is 14.0. The van der Waals surface area contributed by atoms with E-state index in [0.29, 0.717) is 4.90 Å². The van der Waals surface area contributed by atoms with Crippen molar-refractivity contribution in [1.82, 2.24) is 4.90 Å². The van der Waals surface area contributed by atoms with E-state index in [1.807, 2.05) is 0 Å². The zero-order valence-electron chi connectivity index (χ0n) is 27.9. The van der Waals surface area contributed by atoms with Crippen LogP contribution in [0.15, 0.2) is 54.4 Å². The zero-order chi connectivity index (χ0) is 29.2. The Balaban J connectivity index is 3.28. The average molecular weight is 286 g/mol. The number of likely N-dealkylation sites (N-methyl/N-ethyl adjacent to an activating group) is 1. The third-order valence-electron chi connectivity index (χ3n) is 2.06. The van der Waals surface area contributed by atoms with Crippen LogP contribution in [0.2, 0.25) is 0 Å². The molecule has 1 unspecified atom stereocenters. The first-order chi connectivity index (χ1) is 16.5. The topological polar surface area (TPSA) is 12.5 Å². The molecule has 2 heteroatoms. The maximum atomic E-state index is 9.14. The highest BCUT2D eigenvalue weighted by Gasteiger charge is 2.16. The van der Waals surface area contributed by atoms with Crippen LogP contribution in [-0.4, -0.2) is 32.1 Å². The summed E-state index contributed by atoms with van der Waals surface area (Å²) >= 11 is 0. The lowest BCUT2D eigenvalue weighted by Gasteiger charge is -2.22. The van der Waals surface area contributed by atoms with Gasteiger partial charge in [0.05, 0.1) is 23.0 Å². The van der Waals surface area contributed by atoms with Gasteiger partial charge >= 0.3 is 0 Å². The Bertz CT molecular complexity index is 1210. The fraction of sp³-hybridized carbons (Fsp3) is 0.333. The molecule has 2 nitrogen and oxygen atoms in total. The number of ether oxygens (including phenoxy) is 1. The third kappa shape index (κ3) is 3.92. The van der Waals surface area contributed by atoms with Gasteiger partial charge in [-0.05, 0) is 37.6 Å². The second kappa shape index (κ2) is 7.22. The number of hydrogen-bond acceptors (Lipinski definition) is 2. The standard InChI is InChI=1S/C18H23NO/c1-15-9-7-8-12-17(15)18(20-14-13-19(2)3)16-10-5-4-6-11-16/h4-12,18H,13-14H2,1-3H3/i1D3,4D,5D,6D,7D,8D,9D,10D,11D,12D,13D2,14D2,18D. The maximum Gasteiger partial charge on any atom is 0.108 e. The van der Waals surface area contributed by atoms with E-state index in [1.165, 1.54) is 0 Å². The maximum absolute atomic E-state index is 9.14. The summed E-state index contributed by atoms with van der Waals surface area (Å²) < 4.78 is 144. The molecule has 0 N–H and O–H groups in total. The van der Waals surface area contributed by atoms with Gasteiger partial charge in [-0.3, -0.25) is 0 Å². The molecule has 2 rings (SSSR count). The molecule has 20 heavy (non-hydrogen) atoms. The summed E-state index contributed by atoms with van der Waals surface area (Å²) in [6, 6.07) is -9.72. The average Bonchev–Trinajstić information content (AvgIpc) is 2.75. The molecule has 2 aromatic carbocycles. The van der Waals surface area contributed by atoms with Gasteiger partial charge in [0.2, 0.25) is 0 Å². The van der Waals surface area contributed by atoms with Gasteiger partial charge in [-0.1, -0.05) is 54.4 Å². The smallest absolute Gasteiger partial charge is 0.108 e. The van der Waals surface area contributed by atoms with E-state index >= 15 is 0 Å². The summed E-state index contributed by atoms with van der Waals surface area (Å²) in [5, 5.41) is 0. The van der Waals surface area contributed by atoms with E-state index in [1.54, 1.807) is 0 Å². The van der Waals surface area contributed by atoms with Crippen LogP contribution >= 0.6 is 0 Å². The van der Waals surface area contributed by atoms with Crippen molar-refractivity contribution in [3.05, 3.63) is 71.1 Å². The predicted molar refractivity (Wildman–Crippen MR) is 84.0 cm³/mol. The Morgan fingerprint density at radius 3 is 2.60 bits per heavy atom. The minimum Gasteiger partial charge on any atom is -0.367 e. The number of rotatable bonds is 6. The monoisotopic (exact) mass is 286 g/mol. The minimum atomic E-state index is -3.58. The lowest BCUT2D eigenvalue weighted by atomic mass is 9.97. The molecule has 0 heterocycles. The molecule has 0 saturated heterocycles. The van der Waals surface area contributed by atoms with E-state index in [-0.39, 0.29) is 0 Å². The quantitative estimate of drug-likeness (QED) is 0.803. The molecule has 0 radical (unpaired) electrons. The van der Waals surface area contributed by atoms with Crippen LogP contribution < -0.4 is 0 Å². The summed E-state index contributed by atoms with van der Waals surface area (Å²) in [7, 11) is 2.22. The molecule has 2 aromatic rings. The highest BCUT2D eigenvalue weighted by Crippen LogP contribution is 2.28. The van der Waals surface area contributed by atoms with Crippen LogP contribution in [0, 0.1) is 6.85 Å². The van der Waals surface area contributed by atoms with Gasteiger partial charge in [0, 0.05) is 13.4 Å². The Morgan fingerprint density at radius 2 is 1.90 bits per heavy atom. The Kier molecular flexibility index (Phi) is 1.51. The van der Waals surface area contributed by atoms with Crippen LogP contribution in [0.4, 0.5) is 0 Å². The van der Waals surface area contributed by atoms with E-state index in [0.717, 1.165) is 14.1 Å². The van der Waals surface area contributed by atoms with Crippen molar-refractivity contribution in [2.45, 2.75) is 12.9 Å². The van der Waals surface area contributed by atoms with Crippen LogP contribution in [0.3, 0.4) is 0 Å². The van der Waals surface area contributed by atoms with Gasteiger partial charge in [0.25, 0.3) is 0 Å². The van der Waals surface area contributed by atoms with Crippen molar-refractivity contribution in [3.63, 3.8) is 0 Å². The largest absolute Gasteiger partial charge is 0.367 e. The molecular weight excluding hydrogens is 246 g/mol. The fourth-order valence-corrected chi connectivity index (χ4v) is 1.24. The fourth-order valence-electron chi connectivity index (χ4n) is 1.24. The van der Waals surface area contributed by atoms with E-state index in [4.69, 9.17) is 28.0 Å². The van der Waals surface area contributed by atoms with Crippen LogP contribution in [-0.2, 0) is 4.74 Å². The van der Waals surface area contributed by atoms with Crippen molar-refractivity contribution < 1.29 is 28.0 Å². The SMILES string of the molecule is [2H]c1c([2H])c([2H])c(C([2H])(OC([2H])([2H])C([2H])([2H])N(C)C)c2c([2H])c([2H])c([2H])c([2H])c2C([2H])([2H])[2H])c([2H])c1[2H]. The molecule has 0 aromatic heterocycles. The van der Waals surface area contributed by atoms with Crippen molar-refractivity contribution in [2.24, 2.45) is 0 Å². The van der Waals surface area contributed by atoms with Crippen molar-refractivity contribution in [1.29, 1.82) is 0 Å². The second-order valence-electron chi connectivity index (χ2n) is 3.79. The van der Waals surface area contributed by atoms with E-state index in [2.05, 4.69) is 0 Å². The highest BCUT2D eigenvalue weighted by atomic mass is 16.5. The number of hydrogen-bond donors (Lipinski definition) is 0. The van der Waals surface area contributed by atoms with Crippen LogP contribution in [0.1, 0.15) is 46.1 Å². The summed E-state index contributed by atoms with van der Waals surface area (Å²) in [6.45, 7) is -10.0. The van der Waals surface area contributed by atoms with E-state index in [9.17, 15) is 0 Å². The van der Waals surface area contributed by atoms with Crippen molar-refractivity contribution >= 4 is 0 Å². The molecule has 0 fully saturated rings. The summed E-state index contributed by atoms with van der Waals surface area (Å²) in [6.07, 6.45) is -3.58. The Morgan fingerprint density at radius 1 is 1.20 bits per heavy atom. The van der Waals surface area contributed by atoms with Gasteiger partial charge in [-0.25, -0.2) is 0 Å². The summed E-state index contributed by atoms with van der Waals surface area (Å²) in [5.41, 5.74) is -3.65. The van der Waals surface area contributed by atoms with Crippen LogP contribution in [0.25, 0.3) is 0 Å². The first-order valence-corrected chi connectivity index (χ1v) is 5.53. The van der Waals surface area contributed by atoms with Crippen LogP contribution in [0.5, 0.6) is 0 Å². The first kappa shape index (κ1) is 4.19. The van der Waals surface area contributed by atoms with Gasteiger partial charge < -0.3 is 9.64 Å². The molecule has 0 aliphatic rings. The van der Waals surface area contributed by atoms with Gasteiger partial charge in [-0.15, -0.1) is 0 Å². The summed E-state index contributed by atoms with van der Waals surface area (Å²) in [5.74, 6) is 0. The predicted octanol–water partition coefficient (Wildman–Crippen LogP) is 3.66. The van der Waals surface area contributed by atoms with E-state index < -0.39 is 97.1 Å². The lowest BCUT2D eigenvalue weighted by Crippen LogP contribution is -2.20.